The monoisotopic (exact) mass is 340 g/mol. The average Bonchev–Trinajstić information content (AvgIpc) is 2.42. The second-order valence-electron chi connectivity index (χ2n) is 4.03. The van der Waals surface area contributed by atoms with E-state index in [2.05, 4.69) is 15.9 Å². The van der Waals surface area contributed by atoms with Gasteiger partial charge < -0.3 is 4.74 Å². The summed E-state index contributed by atoms with van der Waals surface area (Å²) in [6.45, 7) is 0. The average molecular weight is 341 g/mol. The lowest BCUT2D eigenvalue weighted by Crippen LogP contribution is -2.05. The summed E-state index contributed by atoms with van der Waals surface area (Å²) in [5.74, 6) is 0.580. The van der Waals surface area contributed by atoms with E-state index in [1.54, 1.807) is 55.6 Å². The van der Waals surface area contributed by atoms with Crippen LogP contribution in [0.1, 0.15) is 5.56 Å². The number of sulfone groups is 1. The van der Waals surface area contributed by atoms with Crippen LogP contribution in [-0.4, -0.2) is 15.5 Å². The molecule has 0 aliphatic rings. The Labute approximate surface area is 121 Å². The molecule has 0 bridgehead atoms. The topological polar surface area (TPSA) is 43.4 Å². The van der Waals surface area contributed by atoms with Crippen molar-refractivity contribution in [2.24, 2.45) is 0 Å². The molecule has 0 spiro atoms. The lowest BCUT2D eigenvalue weighted by atomic mass is 10.2. The van der Waals surface area contributed by atoms with Gasteiger partial charge in [0, 0.05) is 4.47 Å². The molecule has 0 radical (unpaired) electrons. The molecule has 5 heteroatoms. The highest BCUT2D eigenvalue weighted by atomic mass is 79.9. The number of hydrogen-bond acceptors (Lipinski definition) is 3. The summed E-state index contributed by atoms with van der Waals surface area (Å²) in [5, 5.41) is 0. The summed E-state index contributed by atoms with van der Waals surface area (Å²) in [4.78, 5) is 0.324. The summed E-state index contributed by atoms with van der Waals surface area (Å²) in [7, 11) is -1.79. The molecule has 0 amide bonds. The molecule has 100 valence electrons. The van der Waals surface area contributed by atoms with Gasteiger partial charge in [0.25, 0.3) is 0 Å². The number of hydrogen-bond donors (Lipinski definition) is 0. The fourth-order valence-electron chi connectivity index (χ4n) is 1.70. The second kappa shape index (κ2) is 5.75. The van der Waals surface area contributed by atoms with Crippen molar-refractivity contribution in [3.63, 3.8) is 0 Å². The summed E-state index contributed by atoms with van der Waals surface area (Å²) in [5.41, 5.74) is 0.684. The van der Waals surface area contributed by atoms with Crippen LogP contribution in [0.5, 0.6) is 5.75 Å². The van der Waals surface area contributed by atoms with Gasteiger partial charge in [-0.1, -0.05) is 34.1 Å². The van der Waals surface area contributed by atoms with Crippen LogP contribution in [0.25, 0.3) is 0 Å². The molecule has 0 fully saturated rings. The fourth-order valence-corrected chi connectivity index (χ4v) is 3.66. The predicted octanol–water partition coefficient (Wildman–Crippen LogP) is 3.43. The number of benzene rings is 2. The molecule has 0 aromatic heterocycles. The first-order valence-electron chi connectivity index (χ1n) is 5.63. The van der Waals surface area contributed by atoms with Gasteiger partial charge in [0.15, 0.2) is 9.84 Å². The zero-order valence-electron chi connectivity index (χ0n) is 10.3. The number of ether oxygens (including phenoxy) is 1. The SMILES string of the molecule is COc1ccc(Br)c(CS(=O)(=O)c2ccccc2)c1. The highest BCUT2D eigenvalue weighted by molar-refractivity contribution is 9.10. The maximum atomic E-state index is 12.3. The third kappa shape index (κ3) is 3.36. The first-order chi connectivity index (χ1) is 9.03. The lowest BCUT2D eigenvalue weighted by molar-refractivity contribution is 0.414. The van der Waals surface area contributed by atoms with Gasteiger partial charge in [-0.15, -0.1) is 0 Å². The summed E-state index contributed by atoms with van der Waals surface area (Å²) >= 11 is 3.36. The van der Waals surface area contributed by atoms with Crippen LogP contribution < -0.4 is 4.74 Å². The quantitative estimate of drug-likeness (QED) is 0.856. The molecular weight excluding hydrogens is 328 g/mol. The standard InChI is InChI=1S/C14H13BrO3S/c1-18-12-7-8-14(15)11(9-12)10-19(16,17)13-5-3-2-4-6-13/h2-9H,10H2,1H3. The summed E-state index contributed by atoms with van der Waals surface area (Å²) in [6, 6.07) is 13.7. The van der Waals surface area contributed by atoms with E-state index in [-0.39, 0.29) is 5.75 Å². The zero-order chi connectivity index (χ0) is 13.9. The van der Waals surface area contributed by atoms with Gasteiger partial charge in [0.1, 0.15) is 5.75 Å². The van der Waals surface area contributed by atoms with Crippen LogP contribution in [0, 0.1) is 0 Å². The largest absolute Gasteiger partial charge is 0.497 e. The van der Waals surface area contributed by atoms with E-state index in [0.29, 0.717) is 16.2 Å². The van der Waals surface area contributed by atoms with Gasteiger partial charge in [0.2, 0.25) is 0 Å². The third-order valence-electron chi connectivity index (χ3n) is 2.70. The van der Waals surface area contributed by atoms with E-state index in [1.165, 1.54) is 0 Å². The molecule has 2 aromatic carbocycles. The molecule has 2 aromatic rings. The fraction of sp³-hybridized carbons (Fsp3) is 0.143. The Morgan fingerprint density at radius 3 is 2.42 bits per heavy atom. The Kier molecular flexibility index (Phi) is 4.27. The molecule has 0 unspecified atom stereocenters. The Morgan fingerprint density at radius 1 is 1.11 bits per heavy atom. The maximum Gasteiger partial charge on any atom is 0.182 e. The minimum Gasteiger partial charge on any atom is -0.497 e. The van der Waals surface area contributed by atoms with Crippen LogP contribution in [-0.2, 0) is 15.6 Å². The van der Waals surface area contributed by atoms with Crippen molar-refractivity contribution in [1.82, 2.24) is 0 Å². The molecule has 3 nitrogen and oxygen atoms in total. The van der Waals surface area contributed by atoms with Gasteiger partial charge >= 0.3 is 0 Å². The molecule has 2 rings (SSSR count). The molecule has 0 saturated heterocycles. The maximum absolute atomic E-state index is 12.3. The number of methoxy groups -OCH3 is 1. The van der Waals surface area contributed by atoms with Crippen molar-refractivity contribution in [3.8, 4) is 5.75 Å². The first kappa shape index (κ1) is 14.1. The van der Waals surface area contributed by atoms with E-state index in [0.717, 1.165) is 4.47 Å². The molecule has 0 N–H and O–H groups in total. The number of rotatable bonds is 4. The molecule has 0 heterocycles. The minimum atomic E-state index is -3.35. The van der Waals surface area contributed by atoms with E-state index < -0.39 is 9.84 Å². The van der Waals surface area contributed by atoms with Crippen molar-refractivity contribution in [3.05, 3.63) is 58.6 Å². The van der Waals surface area contributed by atoms with Crippen LogP contribution >= 0.6 is 15.9 Å². The highest BCUT2D eigenvalue weighted by Crippen LogP contribution is 2.26. The molecule has 0 aliphatic heterocycles. The predicted molar refractivity (Wildman–Crippen MR) is 78.0 cm³/mol. The molecular formula is C14H13BrO3S. The van der Waals surface area contributed by atoms with Gasteiger partial charge in [-0.25, -0.2) is 8.42 Å². The molecule has 0 atom stereocenters. The lowest BCUT2D eigenvalue weighted by Gasteiger charge is -2.08. The first-order valence-corrected chi connectivity index (χ1v) is 8.08. The normalized spacial score (nSPS) is 11.3. The van der Waals surface area contributed by atoms with Crippen LogP contribution in [0.4, 0.5) is 0 Å². The number of halogens is 1. The van der Waals surface area contributed by atoms with Gasteiger partial charge in [0.05, 0.1) is 17.8 Å². The van der Waals surface area contributed by atoms with E-state index in [4.69, 9.17) is 4.74 Å². The smallest absolute Gasteiger partial charge is 0.182 e. The van der Waals surface area contributed by atoms with Crippen LogP contribution in [0.3, 0.4) is 0 Å². The van der Waals surface area contributed by atoms with Crippen LogP contribution in [0.15, 0.2) is 57.9 Å². The van der Waals surface area contributed by atoms with E-state index in [9.17, 15) is 8.42 Å². The minimum absolute atomic E-state index is 0.0607. The van der Waals surface area contributed by atoms with Gasteiger partial charge in [-0.3, -0.25) is 0 Å². The molecule has 0 saturated carbocycles. The van der Waals surface area contributed by atoms with Crippen molar-refractivity contribution in [1.29, 1.82) is 0 Å². The molecule has 0 aliphatic carbocycles. The Balaban J connectivity index is 2.36. The van der Waals surface area contributed by atoms with Gasteiger partial charge in [-0.05, 0) is 35.9 Å². The van der Waals surface area contributed by atoms with Crippen LogP contribution in [0.2, 0.25) is 0 Å². The molecule has 19 heavy (non-hydrogen) atoms. The van der Waals surface area contributed by atoms with Crippen molar-refractivity contribution >= 4 is 25.8 Å². The third-order valence-corrected chi connectivity index (χ3v) is 5.16. The Morgan fingerprint density at radius 2 is 1.79 bits per heavy atom. The summed E-state index contributed by atoms with van der Waals surface area (Å²) in [6.07, 6.45) is 0. The second-order valence-corrected chi connectivity index (χ2v) is 6.87. The van der Waals surface area contributed by atoms with Gasteiger partial charge in [-0.2, -0.15) is 0 Å². The van der Waals surface area contributed by atoms with E-state index >= 15 is 0 Å². The van der Waals surface area contributed by atoms with E-state index in [1.807, 2.05) is 0 Å². The summed E-state index contributed by atoms with van der Waals surface area (Å²) < 4.78 is 30.5. The Hall–Kier alpha value is -1.33. The van der Waals surface area contributed by atoms with Crippen molar-refractivity contribution in [2.75, 3.05) is 7.11 Å². The Bertz CT molecular complexity index is 666. The van der Waals surface area contributed by atoms with Crippen molar-refractivity contribution in [2.45, 2.75) is 10.6 Å². The zero-order valence-corrected chi connectivity index (χ0v) is 12.7. The highest BCUT2D eigenvalue weighted by Gasteiger charge is 2.17. The van der Waals surface area contributed by atoms with Crippen molar-refractivity contribution < 1.29 is 13.2 Å².